The van der Waals surface area contributed by atoms with E-state index < -0.39 is 74.8 Å². The summed E-state index contributed by atoms with van der Waals surface area (Å²) in [5.74, 6) is -18.3. The number of nitrogens with zero attached hydrogens (tertiary/aromatic N) is 2. The Hall–Kier alpha value is -2.12. The Kier molecular flexibility index (Phi) is 7.28. The maximum absolute atomic E-state index is 13.5. The van der Waals surface area contributed by atoms with E-state index in [0.29, 0.717) is 0 Å². The molecule has 0 radical (unpaired) electrons. The highest BCUT2D eigenvalue weighted by Crippen LogP contribution is 2.42. The van der Waals surface area contributed by atoms with Gasteiger partial charge in [0.25, 0.3) is 0 Å². The monoisotopic (exact) mass is 510 g/mol. The Morgan fingerprint density at radius 3 is 0.906 bits per heavy atom. The maximum Gasteiger partial charge on any atom is 0.527 e. The van der Waals surface area contributed by atoms with Crippen molar-refractivity contribution in [3.63, 3.8) is 0 Å². The van der Waals surface area contributed by atoms with Crippen LogP contribution in [0.4, 0.5) is 61.5 Å². The number of ether oxygens (including phenoxy) is 2. The maximum atomic E-state index is 13.5. The number of hydrogen-bond donors (Lipinski definition) is 0. The largest absolute Gasteiger partial charge is 0.527 e. The summed E-state index contributed by atoms with van der Waals surface area (Å²) in [7, 11) is 0. The molecule has 0 N–H and O–H groups in total. The Morgan fingerprint density at radius 2 is 0.719 bits per heavy atom. The van der Waals surface area contributed by atoms with Crippen molar-refractivity contribution in [2.75, 3.05) is 26.2 Å². The van der Waals surface area contributed by atoms with Crippen molar-refractivity contribution in [1.29, 1.82) is 0 Å². The first kappa shape index (κ1) is 27.9. The summed E-state index contributed by atoms with van der Waals surface area (Å²) in [5, 5.41) is 0. The lowest BCUT2D eigenvalue weighted by atomic mass is 10.2. The zero-order valence-electron chi connectivity index (χ0n) is 14.6. The Bertz CT molecular complexity index is 651. The quantitative estimate of drug-likeness (QED) is 0.516. The average Bonchev–Trinajstić information content (AvgIpc) is 2.56. The van der Waals surface area contributed by atoms with Crippen LogP contribution in [-0.2, 0) is 19.1 Å². The van der Waals surface area contributed by atoms with Crippen LogP contribution in [0.25, 0.3) is 0 Å². The van der Waals surface area contributed by atoms with Gasteiger partial charge in [-0.3, -0.25) is 9.59 Å². The van der Waals surface area contributed by atoms with Gasteiger partial charge in [-0.1, -0.05) is 0 Å². The van der Waals surface area contributed by atoms with Crippen LogP contribution in [0.5, 0.6) is 0 Å². The van der Waals surface area contributed by atoms with Gasteiger partial charge in [-0.25, -0.2) is 9.47 Å². The Labute approximate surface area is 166 Å². The fraction of sp³-hybridized carbons (Fsp3) is 0.833. The molecule has 0 aromatic rings. The van der Waals surface area contributed by atoms with Crippen molar-refractivity contribution in [2.45, 2.75) is 36.8 Å². The van der Waals surface area contributed by atoms with E-state index in [1.807, 2.05) is 9.47 Å². The minimum atomic E-state index is -6.42. The SMILES string of the molecule is O=C(N1CCN(C(=O)C(F)(F)C(F)(F)OC(F)(F)F)CC1)C(F)(F)C(F)(F)OC(F)(F)F. The molecule has 20 heteroatoms. The van der Waals surface area contributed by atoms with E-state index >= 15 is 0 Å². The van der Waals surface area contributed by atoms with E-state index in [9.17, 15) is 71.1 Å². The van der Waals surface area contributed by atoms with E-state index in [1.165, 1.54) is 0 Å². The second-order valence-corrected chi connectivity index (χ2v) is 5.86. The summed E-state index contributed by atoms with van der Waals surface area (Å²) in [6, 6.07) is 0. The highest BCUT2D eigenvalue weighted by Gasteiger charge is 2.70. The molecule has 1 aliphatic heterocycles. The molecule has 1 fully saturated rings. The summed E-state index contributed by atoms with van der Waals surface area (Å²) in [5.41, 5.74) is 0. The molecule has 1 heterocycles. The van der Waals surface area contributed by atoms with Crippen molar-refractivity contribution in [1.82, 2.24) is 9.80 Å². The molecule has 0 aliphatic carbocycles. The second kappa shape index (κ2) is 8.34. The number of amides is 2. The molecule has 0 bridgehead atoms. The van der Waals surface area contributed by atoms with Crippen LogP contribution in [0.15, 0.2) is 0 Å². The van der Waals surface area contributed by atoms with Gasteiger partial charge in [0.2, 0.25) is 0 Å². The molecule has 1 saturated heterocycles. The lowest BCUT2D eigenvalue weighted by Crippen LogP contribution is -2.63. The summed E-state index contributed by atoms with van der Waals surface area (Å²) in [6.07, 6.45) is -25.5. The fourth-order valence-electron chi connectivity index (χ4n) is 2.18. The van der Waals surface area contributed by atoms with Crippen LogP contribution < -0.4 is 0 Å². The number of hydrogen-bond acceptors (Lipinski definition) is 4. The first-order valence-electron chi connectivity index (χ1n) is 7.58. The number of carbonyl (C=O) groups excluding carboxylic acids is 2. The molecule has 188 valence electrons. The van der Waals surface area contributed by atoms with Gasteiger partial charge >= 0.3 is 48.6 Å². The Morgan fingerprint density at radius 1 is 0.500 bits per heavy atom. The number of piperazine rings is 1. The Balaban J connectivity index is 2.90. The third-order valence-electron chi connectivity index (χ3n) is 3.61. The molecule has 0 saturated carbocycles. The van der Waals surface area contributed by atoms with Gasteiger partial charge in [0.05, 0.1) is 0 Å². The number of halogens is 14. The molecule has 6 nitrogen and oxygen atoms in total. The van der Waals surface area contributed by atoms with E-state index in [-0.39, 0.29) is 9.80 Å². The van der Waals surface area contributed by atoms with Gasteiger partial charge in [0, 0.05) is 26.2 Å². The van der Waals surface area contributed by atoms with Gasteiger partial charge in [-0.15, -0.1) is 26.3 Å². The molecular formula is C12H8F14N2O4. The van der Waals surface area contributed by atoms with Crippen LogP contribution in [0, 0.1) is 0 Å². The van der Waals surface area contributed by atoms with Crippen LogP contribution >= 0.6 is 0 Å². The number of carbonyl (C=O) groups is 2. The normalized spacial score (nSPS) is 17.6. The molecule has 2 amide bonds. The van der Waals surface area contributed by atoms with Crippen molar-refractivity contribution in [3.8, 4) is 0 Å². The van der Waals surface area contributed by atoms with E-state index in [0.717, 1.165) is 0 Å². The van der Waals surface area contributed by atoms with E-state index in [2.05, 4.69) is 0 Å². The lowest BCUT2D eigenvalue weighted by molar-refractivity contribution is -0.460. The third-order valence-corrected chi connectivity index (χ3v) is 3.61. The van der Waals surface area contributed by atoms with Gasteiger partial charge < -0.3 is 9.80 Å². The minimum Gasteiger partial charge on any atom is -0.334 e. The predicted molar refractivity (Wildman–Crippen MR) is 67.2 cm³/mol. The zero-order valence-corrected chi connectivity index (χ0v) is 14.6. The first-order chi connectivity index (χ1) is 13.9. The van der Waals surface area contributed by atoms with E-state index in [4.69, 9.17) is 0 Å². The van der Waals surface area contributed by atoms with Crippen molar-refractivity contribution >= 4 is 11.8 Å². The van der Waals surface area contributed by atoms with Gasteiger partial charge in [0.1, 0.15) is 0 Å². The molecule has 0 aromatic carbocycles. The highest BCUT2D eigenvalue weighted by atomic mass is 19.4. The fourth-order valence-corrected chi connectivity index (χ4v) is 2.18. The van der Waals surface area contributed by atoms with Crippen LogP contribution in [-0.4, -0.2) is 84.6 Å². The number of rotatable bonds is 6. The summed E-state index contributed by atoms with van der Waals surface area (Å²) in [4.78, 5) is 22.3. The van der Waals surface area contributed by atoms with Crippen LogP contribution in [0.2, 0.25) is 0 Å². The molecule has 0 unspecified atom stereocenters. The second-order valence-electron chi connectivity index (χ2n) is 5.86. The average molecular weight is 510 g/mol. The van der Waals surface area contributed by atoms with Gasteiger partial charge in [-0.05, 0) is 0 Å². The standard InChI is InChI=1S/C12H8F14N2O4/c13-7(14,9(17,18)31-11(21,22)23)5(29)27-1-2-28(4-3-27)6(30)8(15,16)10(19,20)32-12(24,25)26/h1-4H2. The molecule has 0 atom stereocenters. The summed E-state index contributed by atoms with van der Waals surface area (Å²) < 4.78 is 181. The molecule has 32 heavy (non-hydrogen) atoms. The molecular weight excluding hydrogens is 502 g/mol. The van der Waals surface area contributed by atoms with Crippen molar-refractivity contribution < 1.29 is 80.5 Å². The molecule has 0 spiro atoms. The summed E-state index contributed by atoms with van der Waals surface area (Å²) in [6.45, 7) is -5.48. The lowest BCUT2D eigenvalue weighted by Gasteiger charge is -2.38. The minimum absolute atomic E-state index is 0.333. The first-order valence-corrected chi connectivity index (χ1v) is 7.58. The van der Waals surface area contributed by atoms with E-state index in [1.54, 1.807) is 0 Å². The highest BCUT2D eigenvalue weighted by molar-refractivity contribution is 5.86. The zero-order chi connectivity index (χ0) is 25.6. The predicted octanol–water partition coefficient (Wildman–Crippen LogP) is 3.19. The molecule has 0 aromatic heterocycles. The molecule has 1 rings (SSSR count). The molecule has 1 aliphatic rings. The summed E-state index contributed by atoms with van der Waals surface area (Å²) >= 11 is 0. The third kappa shape index (κ3) is 6.01. The van der Waals surface area contributed by atoms with Gasteiger partial charge in [0.15, 0.2) is 0 Å². The topological polar surface area (TPSA) is 59.1 Å². The van der Waals surface area contributed by atoms with Crippen LogP contribution in [0.3, 0.4) is 0 Å². The number of alkyl halides is 14. The van der Waals surface area contributed by atoms with Gasteiger partial charge in [-0.2, -0.15) is 35.1 Å². The van der Waals surface area contributed by atoms with Crippen molar-refractivity contribution in [2.24, 2.45) is 0 Å². The van der Waals surface area contributed by atoms with Crippen molar-refractivity contribution in [3.05, 3.63) is 0 Å². The van der Waals surface area contributed by atoms with Crippen LogP contribution in [0.1, 0.15) is 0 Å². The smallest absolute Gasteiger partial charge is 0.334 e.